The summed E-state index contributed by atoms with van der Waals surface area (Å²) in [4.78, 5) is 29.8. The number of imide groups is 1. The Bertz CT molecular complexity index is 509. The molecular weight excluding hydrogens is 242 g/mol. The van der Waals surface area contributed by atoms with E-state index < -0.39 is 5.54 Å². The molecule has 1 aromatic heterocycles. The van der Waals surface area contributed by atoms with Gasteiger partial charge in [0.1, 0.15) is 5.54 Å². The fourth-order valence-corrected chi connectivity index (χ4v) is 2.66. The second-order valence-electron chi connectivity index (χ2n) is 4.95. The van der Waals surface area contributed by atoms with E-state index >= 15 is 0 Å². The average Bonchev–Trinajstić information content (AvgIpc) is 2.61. The number of rotatable bonds is 4. The van der Waals surface area contributed by atoms with Gasteiger partial charge in [-0.15, -0.1) is 0 Å². The van der Waals surface area contributed by atoms with Crippen LogP contribution in [0.4, 0.5) is 4.79 Å². The van der Waals surface area contributed by atoms with Gasteiger partial charge in [0, 0.05) is 12.4 Å². The zero-order valence-corrected chi connectivity index (χ0v) is 11.6. The highest BCUT2D eigenvalue weighted by molar-refractivity contribution is 6.06. The lowest BCUT2D eigenvalue weighted by molar-refractivity contribution is -0.127. The second kappa shape index (κ2) is 4.99. The number of nitrogens with one attached hydrogen (secondary N) is 1. The van der Waals surface area contributed by atoms with Gasteiger partial charge in [-0.3, -0.25) is 15.1 Å². The Balaban J connectivity index is 2.31. The molecule has 1 N–H and O–H groups in total. The van der Waals surface area contributed by atoms with Crippen LogP contribution in [0.3, 0.4) is 0 Å². The van der Waals surface area contributed by atoms with Crippen molar-refractivity contribution in [3.8, 4) is 0 Å². The van der Waals surface area contributed by atoms with Crippen molar-refractivity contribution in [1.29, 1.82) is 0 Å². The van der Waals surface area contributed by atoms with E-state index in [4.69, 9.17) is 0 Å². The largest absolute Gasteiger partial charge is 0.325 e. The van der Waals surface area contributed by atoms with Crippen molar-refractivity contribution in [1.82, 2.24) is 15.2 Å². The van der Waals surface area contributed by atoms with Gasteiger partial charge in [0.25, 0.3) is 5.91 Å². The van der Waals surface area contributed by atoms with Crippen molar-refractivity contribution in [3.63, 3.8) is 0 Å². The summed E-state index contributed by atoms with van der Waals surface area (Å²) in [6.07, 6.45) is 4.73. The molecular formula is C14H19N3O2. The SMILES string of the molecule is CCC1(CC)C(=O)NC(=O)N1Cc1cncc(C)c1. The van der Waals surface area contributed by atoms with Crippen LogP contribution in [-0.4, -0.2) is 27.4 Å². The summed E-state index contributed by atoms with van der Waals surface area (Å²) in [6, 6.07) is 1.68. The monoisotopic (exact) mass is 261 g/mol. The third kappa shape index (κ3) is 2.20. The highest BCUT2D eigenvalue weighted by Gasteiger charge is 2.50. The number of aryl methyl sites for hydroxylation is 1. The van der Waals surface area contributed by atoms with Crippen LogP contribution >= 0.6 is 0 Å². The molecule has 0 unspecified atom stereocenters. The van der Waals surface area contributed by atoms with E-state index in [-0.39, 0.29) is 11.9 Å². The van der Waals surface area contributed by atoms with Gasteiger partial charge in [-0.25, -0.2) is 4.79 Å². The van der Waals surface area contributed by atoms with E-state index in [1.54, 1.807) is 17.3 Å². The van der Waals surface area contributed by atoms with Gasteiger partial charge >= 0.3 is 6.03 Å². The molecule has 5 heteroatoms. The van der Waals surface area contributed by atoms with Crippen molar-refractivity contribution in [2.75, 3.05) is 0 Å². The Labute approximate surface area is 113 Å². The molecule has 2 rings (SSSR count). The molecule has 1 saturated heterocycles. The summed E-state index contributed by atoms with van der Waals surface area (Å²) in [5.74, 6) is -0.192. The number of urea groups is 1. The topological polar surface area (TPSA) is 62.3 Å². The lowest BCUT2D eigenvalue weighted by Crippen LogP contribution is -2.48. The summed E-state index contributed by atoms with van der Waals surface area (Å²) in [5, 5.41) is 2.42. The zero-order chi connectivity index (χ0) is 14.0. The smallest absolute Gasteiger partial charge is 0.305 e. The van der Waals surface area contributed by atoms with E-state index in [0.717, 1.165) is 11.1 Å². The molecule has 5 nitrogen and oxygen atoms in total. The van der Waals surface area contributed by atoms with E-state index in [0.29, 0.717) is 19.4 Å². The maximum Gasteiger partial charge on any atom is 0.325 e. The number of aromatic nitrogens is 1. The number of hydrogen-bond acceptors (Lipinski definition) is 3. The van der Waals surface area contributed by atoms with Gasteiger partial charge in [-0.1, -0.05) is 19.9 Å². The van der Waals surface area contributed by atoms with Gasteiger partial charge in [0.2, 0.25) is 0 Å². The highest BCUT2D eigenvalue weighted by Crippen LogP contribution is 2.30. The number of hydrogen-bond donors (Lipinski definition) is 1. The maximum absolute atomic E-state index is 12.0. The minimum Gasteiger partial charge on any atom is -0.305 e. The lowest BCUT2D eigenvalue weighted by atomic mass is 9.91. The third-order valence-corrected chi connectivity index (χ3v) is 3.85. The van der Waals surface area contributed by atoms with E-state index in [1.807, 2.05) is 26.8 Å². The Hall–Kier alpha value is -1.91. The molecule has 3 amide bonds. The molecule has 0 bridgehead atoms. The van der Waals surface area contributed by atoms with Crippen LogP contribution < -0.4 is 5.32 Å². The normalized spacial score (nSPS) is 17.7. The molecule has 0 atom stereocenters. The van der Waals surface area contributed by atoms with E-state index in [2.05, 4.69) is 10.3 Å². The average molecular weight is 261 g/mol. The first-order valence-corrected chi connectivity index (χ1v) is 6.57. The lowest BCUT2D eigenvalue weighted by Gasteiger charge is -2.33. The molecule has 0 radical (unpaired) electrons. The van der Waals surface area contributed by atoms with Crippen LogP contribution in [-0.2, 0) is 11.3 Å². The zero-order valence-electron chi connectivity index (χ0n) is 11.6. The van der Waals surface area contributed by atoms with Crippen molar-refractivity contribution >= 4 is 11.9 Å². The first kappa shape index (κ1) is 13.5. The summed E-state index contributed by atoms with van der Waals surface area (Å²) in [7, 11) is 0. The Morgan fingerprint density at radius 3 is 2.53 bits per heavy atom. The van der Waals surface area contributed by atoms with Crippen LogP contribution in [0.1, 0.15) is 37.8 Å². The Kier molecular flexibility index (Phi) is 3.55. The van der Waals surface area contributed by atoms with Crippen LogP contribution in [0.15, 0.2) is 18.5 Å². The molecule has 102 valence electrons. The number of carbonyl (C=O) groups is 2. The number of amides is 3. The van der Waals surface area contributed by atoms with Crippen LogP contribution in [0.2, 0.25) is 0 Å². The van der Waals surface area contributed by atoms with E-state index in [9.17, 15) is 9.59 Å². The molecule has 1 aliphatic heterocycles. The number of pyridine rings is 1. The van der Waals surface area contributed by atoms with Gasteiger partial charge in [-0.2, -0.15) is 0 Å². The van der Waals surface area contributed by atoms with Gasteiger partial charge in [0.05, 0.1) is 6.54 Å². The molecule has 1 aromatic rings. The van der Waals surface area contributed by atoms with Crippen molar-refractivity contribution in [2.45, 2.75) is 45.7 Å². The number of nitrogens with zero attached hydrogens (tertiary/aromatic N) is 2. The minimum atomic E-state index is -0.721. The third-order valence-electron chi connectivity index (χ3n) is 3.85. The number of carbonyl (C=O) groups excluding carboxylic acids is 2. The van der Waals surface area contributed by atoms with Gasteiger partial charge in [0.15, 0.2) is 0 Å². The standard InChI is InChI=1S/C14H19N3O2/c1-4-14(5-2)12(18)16-13(19)17(14)9-11-6-10(3)7-15-8-11/h6-8H,4-5,9H2,1-3H3,(H,16,18,19). The van der Waals surface area contributed by atoms with Crippen molar-refractivity contribution in [2.24, 2.45) is 0 Å². The molecule has 0 aromatic carbocycles. The summed E-state index contributed by atoms with van der Waals surface area (Å²) < 4.78 is 0. The molecule has 0 spiro atoms. The van der Waals surface area contributed by atoms with Gasteiger partial charge in [-0.05, 0) is 30.9 Å². The molecule has 1 fully saturated rings. The Morgan fingerprint density at radius 2 is 1.95 bits per heavy atom. The van der Waals surface area contributed by atoms with E-state index in [1.165, 1.54) is 0 Å². The maximum atomic E-state index is 12.0. The molecule has 19 heavy (non-hydrogen) atoms. The minimum absolute atomic E-state index is 0.192. The molecule has 0 aliphatic carbocycles. The van der Waals surface area contributed by atoms with Crippen LogP contribution in [0.5, 0.6) is 0 Å². The first-order valence-electron chi connectivity index (χ1n) is 6.57. The second-order valence-corrected chi connectivity index (χ2v) is 4.95. The van der Waals surface area contributed by atoms with Crippen molar-refractivity contribution in [3.05, 3.63) is 29.6 Å². The van der Waals surface area contributed by atoms with Crippen LogP contribution in [0.25, 0.3) is 0 Å². The van der Waals surface area contributed by atoms with Crippen molar-refractivity contribution < 1.29 is 9.59 Å². The summed E-state index contributed by atoms with van der Waals surface area (Å²) in [6.45, 7) is 6.23. The highest BCUT2D eigenvalue weighted by atomic mass is 16.2. The first-order chi connectivity index (χ1) is 9.03. The molecule has 2 heterocycles. The Morgan fingerprint density at radius 1 is 1.26 bits per heavy atom. The summed E-state index contributed by atoms with van der Waals surface area (Å²) >= 11 is 0. The van der Waals surface area contributed by atoms with Crippen LogP contribution in [0, 0.1) is 6.92 Å². The molecule has 1 aliphatic rings. The predicted octanol–water partition coefficient (Wildman–Crippen LogP) is 2.00. The van der Waals surface area contributed by atoms with Gasteiger partial charge < -0.3 is 4.90 Å². The fourth-order valence-electron chi connectivity index (χ4n) is 2.66. The quantitative estimate of drug-likeness (QED) is 0.843. The predicted molar refractivity (Wildman–Crippen MR) is 71.4 cm³/mol. The fraction of sp³-hybridized carbons (Fsp3) is 0.500. The molecule has 0 saturated carbocycles. The summed E-state index contributed by atoms with van der Waals surface area (Å²) in [5.41, 5.74) is 1.26.